The van der Waals surface area contributed by atoms with Gasteiger partial charge < -0.3 is 10.4 Å². The molecule has 0 bridgehead atoms. The minimum atomic E-state index is -0.873. The first-order valence-electron chi connectivity index (χ1n) is 6.77. The number of hydrogen-bond acceptors (Lipinski definition) is 2. The quantitative estimate of drug-likeness (QED) is 0.897. The maximum absolute atomic E-state index is 12.2. The summed E-state index contributed by atoms with van der Waals surface area (Å²) in [5, 5.41) is 12.7. The summed E-state index contributed by atoms with van der Waals surface area (Å²) in [6.45, 7) is 1.88. The fraction of sp³-hybridized carbons (Fsp3) is 0.467. The SMILES string of the molecule is C[C@@H](NC(=O)[C@@H]1CCC[C@@H]1C(=O)O)c1ccc(Cl)cc1. The summed E-state index contributed by atoms with van der Waals surface area (Å²) in [7, 11) is 0. The van der Waals surface area contributed by atoms with E-state index in [-0.39, 0.29) is 11.9 Å². The molecule has 1 fully saturated rings. The van der Waals surface area contributed by atoms with Crippen LogP contribution in [0.4, 0.5) is 0 Å². The highest BCUT2D eigenvalue weighted by atomic mass is 35.5. The number of carbonyl (C=O) groups is 2. The first-order valence-corrected chi connectivity index (χ1v) is 7.15. The Hall–Kier alpha value is -1.55. The van der Waals surface area contributed by atoms with Crippen LogP contribution in [0.5, 0.6) is 0 Å². The molecular formula is C15H18ClNO3. The van der Waals surface area contributed by atoms with Crippen LogP contribution in [-0.2, 0) is 9.59 Å². The van der Waals surface area contributed by atoms with Crippen molar-refractivity contribution in [3.8, 4) is 0 Å². The van der Waals surface area contributed by atoms with Gasteiger partial charge in [-0.15, -0.1) is 0 Å². The molecule has 2 N–H and O–H groups in total. The zero-order valence-electron chi connectivity index (χ0n) is 11.3. The second kappa shape index (κ2) is 6.27. The first-order chi connectivity index (χ1) is 9.49. The first kappa shape index (κ1) is 14.9. The van der Waals surface area contributed by atoms with Crippen molar-refractivity contribution >= 4 is 23.5 Å². The van der Waals surface area contributed by atoms with E-state index in [9.17, 15) is 9.59 Å². The van der Waals surface area contributed by atoms with E-state index in [1.807, 2.05) is 19.1 Å². The van der Waals surface area contributed by atoms with Gasteiger partial charge in [0.2, 0.25) is 5.91 Å². The number of hydrogen-bond donors (Lipinski definition) is 2. The normalized spacial score (nSPS) is 23.3. The number of carboxylic acid groups (broad SMARTS) is 1. The smallest absolute Gasteiger partial charge is 0.307 e. The highest BCUT2D eigenvalue weighted by Crippen LogP contribution is 2.32. The predicted octanol–water partition coefficient (Wildman–Crippen LogP) is 3.02. The van der Waals surface area contributed by atoms with Crippen molar-refractivity contribution in [3.05, 3.63) is 34.9 Å². The fourth-order valence-electron chi connectivity index (χ4n) is 2.72. The van der Waals surface area contributed by atoms with E-state index in [4.69, 9.17) is 16.7 Å². The van der Waals surface area contributed by atoms with Gasteiger partial charge in [-0.25, -0.2) is 0 Å². The van der Waals surface area contributed by atoms with E-state index in [1.165, 1.54) is 0 Å². The van der Waals surface area contributed by atoms with E-state index in [0.29, 0.717) is 17.9 Å². The van der Waals surface area contributed by atoms with E-state index < -0.39 is 17.8 Å². The van der Waals surface area contributed by atoms with Crippen LogP contribution in [0.3, 0.4) is 0 Å². The number of halogens is 1. The zero-order chi connectivity index (χ0) is 14.7. The van der Waals surface area contributed by atoms with Crippen LogP contribution in [0.1, 0.15) is 37.8 Å². The lowest BCUT2D eigenvalue weighted by Crippen LogP contribution is -2.36. The number of aliphatic carboxylic acids is 1. The molecule has 20 heavy (non-hydrogen) atoms. The van der Waals surface area contributed by atoms with E-state index in [2.05, 4.69) is 5.32 Å². The van der Waals surface area contributed by atoms with Crippen molar-refractivity contribution in [1.29, 1.82) is 0 Å². The predicted molar refractivity (Wildman–Crippen MR) is 76.5 cm³/mol. The summed E-state index contributed by atoms with van der Waals surface area (Å²) in [5.74, 6) is -2.01. The van der Waals surface area contributed by atoms with Crippen LogP contribution >= 0.6 is 11.6 Å². The van der Waals surface area contributed by atoms with E-state index in [0.717, 1.165) is 12.0 Å². The summed E-state index contributed by atoms with van der Waals surface area (Å²) in [6, 6.07) is 7.10. The third kappa shape index (κ3) is 3.31. The maximum Gasteiger partial charge on any atom is 0.307 e. The van der Waals surface area contributed by atoms with Gasteiger partial charge in [0.05, 0.1) is 17.9 Å². The molecule has 0 heterocycles. The second-order valence-corrected chi connectivity index (χ2v) is 5.70. The zero-order valence-corrected chi connectivity index (χ0v) is 12.1. The Balaban J connectivity index is 2.00. The van der Waals surface area contributed by atoms with Gasteiger partial charge in [-0.2, -0.15) is 0 Å². The number of nitrogens with one attached hydrogen (secondary N) is 1. The minimum Gasteiger partial charge on any atom is -0.481 e. The molecule has 1 aromatic carbocycles. The Bertz CT molecular complexity index is 500. The number of amides is 1. The Morgan fingerprint density at radius 2 is 1.85 bits per heavy atom. The highest BCUT2D eigenvalue weighted by Gasteiger charge is 2.38. The van der Waals surface area contributed by atoms with Crippen LogP contribution < -0.4 is 5.32 Å². The lowest BCUT2D eigenvalue weighted by molar-refractivity contribution is -0.146. The van der Waals surface area contributed by atoms with Crippen LogP contribution in [0.15, 0.2) is 24.3 Å². The highest BCUT2D eigenvalue weighted by molar-refractivity contribution is 6.30. The Labute approximate surface area is 123 Å². The molecule has 1 saturated carbocycles. The van der Waals surface area contributed by atoms with Gasteiger partial charge in [-0.1, -0.05) is 30.2 Å². The average molecular weight is 296 g/mol. The van der Waals surface area contributed by atoms with Crippen molar-refractivity contribution in [2.45, 2.75) is 32.2 Å². The summed E-state index contributed by atoms with van der Waals surface area (Å²) in [5.41, 5.74) is 0.952. The molecule has 1 aromatic rings. The third-order valence-corrected chi connectivity index (χ3v) is 4.15. The van der Waals surface area contributed by atoms with Crippen LogP contribution in [0.2, 0.25) is 5.02 Å². The topological polar surface area (TPSA) is 66.4 Å². The molecule has 1 aliphatic rings. The largest absolute Gasteiger partial charge is 0.481 e. The van der Waals surface area contributed by atoms with Crippen LogP contribution in [0, 0.1) is 11.8 Å². The summed E-state index contributed by atoms with van der Waals surface area (Å²) in [6.07, 6.45) is 2.03. The van der Waals surface area contributed by atoms with Crippen molar-refractivity contribution in [3.63, 3.8) is 0 Å². The molecular weight excluding hydrogens is 278 g/mol. The Morgan fingerprint density at radius 1 is 1.25 bits per heavy atom. The average Bonchev–Trinajstić information content (AvgIpc) is 2.88. The molecule has 0 saturated heterocycles. The molecule has 4 nitrogen and oxygen atoms in total. The number of carboxylic acids is 1. The lowest BCUT2D eigenvalue weighted by Gasteiger charge is -2.20. The molecule has 2 rings (SSSR count). The Kier molecular flexibility index (Phi) is 4.65. The van der Waals surface area contributed by atoms with Gasteiger partial charge in [-0.05, 0) is 37.5 Å². The van der Waals surface area contributed by atoms with E-state index >= 15 is 0 Å². The fourth-order valence-corrected chi connectivity index (χ4v) is 2.85. The van der Waals surface area contributed by atoms with Gasteiger partial charge in [-0.3, -0.25) is 9.59 Å². The molecule has 1 aliphatic carbocycles. The molecule has 0 unspecified atom stereocenters. The molecule has 5 heteroatoms. The minimum absolute atomic E-state index is 0.158. The van der Waals surface area contributed by atoms with Crippen molar-refractivity contribution in [1.82, 2.24) is 5.32 Å². The molecule has 0 aromatic heterocycles. The lowest BCUT2D eigenvalue weighted by atomic mass is 9.94. The molecule has 0 radical (unpaired) electrons. The van der Waals surface area contributed by atoms with Crippen molar-refractivity contribution in [2.24, 2.45) is 11.8 Å². The van der Waals surface area contributed by atoms with E-state index in [1.54, 1.807) is 12.1 Å². The third-order valence-electron chi connectivity index (χ3n) is 3.90. The van der Waals surface area contributed by atoms with Gasteiger partial charge in [0, 0.05) is 5.02 Å². The summed E-state index contributed by atoms with van der Waals surface area (Å²) in [4.78, 5) is 23.3. The monoisotopic (exact) mass is 295 g/mol. The summed E-state index contributed by atoms with van der Waals surface area (Å²) < 4.78 is 0. The molecule has 108 valence electrons. The second-order valence-electron chi connectivity index (χ2n) is 5.26. The molecule has 3 atom stereocenters. The Morgan fingerprint density at radius 3 is 2.45 bits per heavy atom. The molecule has 0 aliphatic heterocycles. The van der Waals surface area contributed by atoms with Crippen molar-refractivity contribution < 1.29 is 14.7 Å². The number of rotatable bonds is 4. The number of benzene rings is 1. The van der Waals surface area contributed by atoms with Gasteiger partial charge in [0.1, 0.15) is 0 Å². The van der Waals surface area contributed by atoms with Gasteiger partial charge >= 0.3 is 5.97 Å². The van der Waals surface area contributed by atoms with Crippen LogP contribution in [-0.4, -0.2) is 17.0 Å². The standard InChI is InChI=1S/C15H18ClNO3/c1-9(10-5-7-11(16)8-6-10)17-14(18)12-3-2-4-13(12)15(19)20/h5-9,12-13H,2-4H2,1H3,(H,17,18)(H,19,20)/t9-,12-,13+/m1/s1. The number of carbonyl (C=O) groups excluding carboxylic acids is 1. The van der Waals surface area contributed by atoms with Gasteiger partial charge in [0.15, 0.2) is 0 Å². The van der Waals surface area contributed by atoms with Crippen LogP contribution in [0.25, 0.3) is 0 Å². The van der Waals surface area contributed by atoms with Gasteiger partial charge in [0.25, 0.3) is 0 Å². The summed E-state index contributed by atoms with van der Waals surface area (Å²) >= 11 is 5.83. The molecule has 0 spiro atoms. The molecule has 1 amide bonds. The van der Waals surface area contributed by atoms with Crippen molar-refractivity contribution in [2.75, 3.05) is 0 Å². The maximum atomic E-state index is 12.2.